The van der Waals surface area contributed by atoms with Crippen molar-refractivity contribution < 1.29 is 0 Å². The van der Waals surface area contributed by atoms with Crippen LogP contribution in [0.5, 0.6) is 0 Å². The van der Waals surface area contributed by atoms with Gasteiger partial charge in [0.25, 0.3) is 0 Å². The quantitative estimate of drug-likeness (QED) is 0.662. The summed E-state index contributed by atoms with van der Waals surface area (Å²) < 4.78 is 0. The summed E-state index contributed by atoms with van der Waals surface area (Å²) in [6.07, 6.45) is 8.53. The van der Waals surface area contributed by atoms with Gasteiger partial charge in [0.2, 0.25) is 0 Å². The third-order valence-corrected chi connectivity index (χ3v) is 3.34. The average molecular weight is 195 g/mol. The van der Waals surface area contributed by atoms with Gasteiger partial charge in [0.1, 0.15) is 0 Å². The molecule has 1 aliphatic carbocycles. The summed E-state index contributed by atoms with van der Waals surface area (Å²) in [5.74, 6) is 0.949. The van der Waals surface area contributed by atoms with Gasteiger partial charge in [-0.25, -0.2) is 0 Å². The molecule has 14 heavy (non-hydrogen) atoms. The third kappa shape index (κ3) is 3.83. The van der Waals surface area contributed by atoms with Gasteiger partial charge in [0.05, 0.1) is 0 Å². The third-order valence-electron chi connectivity index (χ3n) is 3.34. The van der Waals surface area contributed by atoms with Gasteiger partial charge in [-0.05, 0) is 25.8 Å². The Bertz CT molecular complexity index is 168. The zero-order chi connectivity index (χ0) is 10.4. The van der Waals surface area contributed by atoms with E-state index in [4.69, 9.17) is 0 Å². The first-order valence-corrected chi connectivity index (χ1v) is 6.12. The molecule has 1 heteroatoms. The lowest BCUT2D eigenvalue weighted by Gasteiger charge is -2.27. The van der Waals surface area contributed by atoms with Crippen molar-refractivity contribution in [3.05, 3.63) is 12.2 Å². The molecule has 1 unspecified atom stereocenters. The van der Waals surface area contributed by atoms with Gasteiger partial charge in [-0.15, -0.1) is 0 Å². The second-order valence-electron chi connectivity index (χ2n) is 4.70. The molecule has 0 aliphatic heterocycles. The first-order valence-electron chi connectivity index (χ1n) is 6.12. The predicted octanol–water partition coefficient (Wildman–Crippen LogP) is 3.51. The largest absolute Gasteiger partial charge is 0.311 e. The van der Waals surface area contributed by atoms with E-state index < -0.39 is 0 Å². The fourth-order valence-corrected chi connectivity index (χ4v) is 2.46. The Balaban J connectivity index is 2.33. The summed E-state index contributed by atoms with van der Waals surface area (Å²) in [7, 11) is 0. The molecule has 1 aliphatic rings. The molecule has 0 radical (unpaired) electrons. The number of hydrogen-bond donors (Lipinski definition) is 1. The van der Waals surface area contributed by atoms with Crippen LogP contribution in [0.1, 0.15) is 52.4 Å². The van der Waals surface area contributed by atoms with Crippen molar-refractivity contribution in [2.45, 2.75) is 58.4 Å². The summed E-state index contributed by atoms with van der Waals surface area (Å²) in [4.78, 5) is 0. The molecular weight excluding hydrogens is 170 g/mol. The normalized spacial score (nSPS) is 20.7. The second kappa shape index (κ2) is 6.23. The van der Waals surface area contributed by atoms with Crippen LogP contribution in [0, 0.1) is 5.92 Å². The highest BCUT2D eigenvalue weighted by Crippen LogP contribution is 2.28. The van der Waals surface area contributed by atoms with Crippen molar-refractivity contribution in [1.29, 1.82) is 0 Å². The highest BCUT2D eigenvalue weighted by Gasteiger charge is 2.18. The highest BCUT2D eigenvalue weighted by molar-refractivity contribution is 5.02. The molecule has 0 saturated heterocycles. The second-order valence-corrected chi connectivity index (χ2v) is 4.70. The van der Waals surface area contributed by atoms with E-state index in [0.29, 0.717) is 6.04 Å². The summed E-state index contributed by atoms with van der Waals surface area (Å²) in [5.41, 5.74) is 1.30. The Kier molecular flexibility index (Phi) is 5.24. The molecule has 1 atom stereocenters. The molecular formula is C13H25N. The number of likely N-dealkylation sites (N-methyl/N-ethyl adjacent to an activating group) is 1. The SMILES string of the molecule is C=C(C)C(CC1CCCCC1)NCC. The van der Waals surface area contributed by atoms with E-state index in [1.54, 1.807) is 0 Å². The van der Waals surface area contributed by atoms with Crippen molar-refractivity contribution in [2.75, 3.05) is 6.54 Å². The van der Waals surface area contributed by atoms with E-state index in [0.717, 1.165) is 12.5 Å². The van der Waals surface area contributed by atoms with Crippen LogP contribution in [0.4, 0.5) is 0 Å². The van der Waals surface area contributed by atoms with E-state index in [2.05, 4.69) is 25.7 Å². The molecule has 1 saturated carbocycles. The van der Waals surface area contributed by atoms with Crippen LogP contribution >= 0.6 is 0 Å². The minimum atomic E-state index is 0.558. The number of rotatable bonds is 5. The number of hydrogen-bond acceptors (Lipinski definition) is 1. The Labute approximate surface area is 89.0 Å². The maximum Gasteiger partial charge on any atom is 0.0276 e. The minimum Gasteiger partial charge on any atom is -0.311 e. The maximum atomic E-state index is 4.08. The molecule has 0 aromatic carbocycles. The Morgan fingerprint density at radius 2 is 2.00 bits per heavy atom. The van der Waals surface area contributed by atoms with Crippen molar-refractivity contribution in [3.8, 4) is 0 Å². The molecule has 0 aromatic rings. The Morgan fingerprint density at radius 3 is 2.50 bits per heavy atom. The monoisotopic (exact) mass is 195 g/mol. The minimum absolute atomic E-state index is 0.558. The van der Waals surface area contributed by atoms with E-state index in [1.165, 1.54) is 44.1 Å². The number of nitrogens with one attached hydrogen (secondary N) is 1. The molecule has 0 heterocycles. The molecule has 0 amide bonds. The molecule has 1 nitrogen and oxygen atoms in total. The fraction of sp³-hybridized carbons (Fsp3) is 0.846. The zero-order valence-corrected chi connectivity index (χ0v) is 9.81. The first kappa shape index (κ1) is 11.8. The van der Waals surface area contributed by atoms with Gasteiger partial charge in [-0.1, -0.05) is 51.2 Å². The summed E-state index contributed by atoms with van der Waals surface area (Å²) >= 11 is 0. The van der Waals surface area contributed by atoms with Gasteiger partial charge in [-0.2, -0.15) is 0 Å². The molecule has 0 bridgehead atoms. The Morgan fingerprint density at radius 1 is 1.36 bits per heavy atom. The van der Waals surface area contributed by atoms with Crippen LogP contribution in [0.2, 0.25) is 0 Å². The average Bonchev–Trinajstić information content (AvgIpc) is 2.18. The molecule has 1 N–H and O–H groups in total. The van der Waals surface area contributed by atoms with Crippen LogP contribution < -0.4 is 5.32 Å². The lowest BCUT2D eigenvalue weighted by Crippen LogP contribution is -2.32. The van der Waals surface area contributed by atoms with Crippen LogP contribution in [0.3, 0.4) is 0 Å². The fourth-order valence-electron chi connectivity index (χ4n) is 2.46. The Hall–Kier alpha value is -0.300. The maximum absolute atomic E-state index is 4.08. The molecule has 82 valence electrons. The molecule has 0 spiro atoms. The van der Waals surface area contributed by atoms with E-state index in [-0.39, 0.29) is 0 Å². The summed E-state index contributed by atoms with van der Waals surface area (Å²) in [6.45, 7) is 9.46. The molecule has 1 fully saturated rings. The topological polar surface area (TPSA) is 12.0 Å². The summed E-state index contributed by atoms with van der Waals surface area (Å²) in [5, 5.41) is 3.53. The van der Waals surface area contributed by atoms with E-state index in [9.17, 15) is 0 Å². The first-order chi connectivity index (χ1) is 6.74. The van der Waals surface area contributed by atoms with Crippen molar-refractivity contribution in [1.82, 2.24) is 5.32 Å². The van der Waals surface area contributed by atoms with Gasteiger partial charge in [0.15, 0.2) is 0 Å². The van der Waals surface area contributed by atoms with Crippen LogP contribution in [0.15, 0.2) is 12.2 Å². The molecule has 1 rings (SSSR count). The molecule has 0 aromatic heterocycles. The van der Waals surface area contributed by atoms with Crippen LogP contribution in [-0.2, 0) is 0 Å². The smallest absolute Gasteiger partial charge is 0.0276 e. The van der Waals surface area contributed by atoms with Crippen LogP contribution in [-0.4, -0.2) is 12.6 Å². The van der Waals surface area contributed by atoms with Crippen molar-refractivity contribution in [3.63, 3.8) is 0 Å². The lowest BCUT2D eigenvalue weighted by atomic mass is 9.83. The van der Waals surface area contributed by atoms with Crippen molar-refractivity contribution >= 4 is 0 Å². The lowest BCUT2D eigenvalue weighted by molar-refractivity contribution is 0.312. The van der Waals surface area contributed by atoms with Crippen molar-refractivity contribution in [2.24, 2.45) is 5.92 Å². The summed E-state index contributed by atoms with van der Waals surface area (Å²) in [6, 6.07) is 0.558. The van der Waals surface area contributed by atoms with Gasteiger partial charge < -0.3 is 5.32 Å². The van der Waals surface area contributed by atoms with E-state index >= 15 is 0 Å². The standard InChI is InChI=1S/C13H25N/c1-4-14-13(11(2)3)10-12-8-6-5-7-9-12/h12-14H,2,4-10H2,1,3H3. The zero-order valence-electron chi connectivity index (χ0n) is 9.81. The van der Waals surface area contributed by atoms with E-state index in [1.807, 2.05) is 0 Å². The van der Waals surface area contributed by atoms with Gasteiger partial charge in [0, 0.05) is 6.04 Å². The predicted molar refractivity (Wildman–Crippen MR) is 63.5 cm³/mol. The van der Waals surface area contributed by atoms with Gasteiger partial charge in [-0.3, -0.25) is 0 Å². The van der Waals surface area contributed by atoms with Gasteiger partial charge >= 0.3 is 0 Å². The van der Waals surface area contributed by atoms with Crippen LogP contribution in [0.25, 0.3) is 0 Å². The highest BCUT2D eigenvalue weighted by atomic mass is 14.9.